The van der Waals surface area contributed by atoms with Crippen molar-refractivity contribution >= 4 is 11.4 Å². The lowest BCUT2D eigenvalue weighted by Gasteiger charge is -2.00. The predicted molar refractivity (Wildman–Crippen MR) is 47.3 cm³/mol. The molecule has 0 bridgehead atoms. The summed E-state index contributed by atoms with van der Waals surface area (Å²) in [5.74, 6) is 0. The molecule has 0 radical (unpaired) electrons. The van der Waals surface area contributed by atoms with Crippen LogP contribution in [0.4, 0.5) is 11.4 Å². The molecule has 64 valence electrons. The summed E-state index contributed by atoms with van der Waals surface area (Å²) < 4.78 is 0. The highest BCUT2D eigenvalue weighted by atomic mass is 16.6. The minimum absolute atomic E-state index is 0.119. The third kappa shape index (κ3) is 1.95. The maximum atomic E-state index is 10.3. The highest BCUT2D eigenvalue weighted by molar-refractivity contribution is 5.50. The van der Waals surface area contributed by atoms with Crippen molar-refractivity contribution in [2.75, 3.05) is 11.9 Å². The van der Waals surface area contributed by atoms with Crippen molar-refractivity contribution in [1.82, 2.24) is 0 Å². The van der Waals surface area contributed by atoms with Crippen molar-refractivity contribution < 1.29 is 4.92 Å². The van der Waals surface area contributed by atoms with Gasteiger partial charge in [0.05, 0.1) is 4.92 Å². The molecule has 0 unspecified atom stereocenters. The molecule has 1 aromatic rings. The van der Waals surface area contributed by atoms with Gasteiger partial charge in [-0.15, -0.1) is 0 Å². The van der Waals surface area contributed by atoms with Crippen molar-refractivity contribution in [3.05, 3.63) is 34.4 Å². The van der Waals surface area contributed by atoms with Crippen LogP contribution >= 0.6 is 0 Å². The maximum Gasteiger partial charge on any atom is 0.271 e. The fourth-order valence-electron chi connectivity index (χ4n) is 0.934. The van der Waals surface area contributed by atoms with Gasteiger partial charge >= 0.3 is 0 Å². The Bertz CT molecular complexity index is 286. The molecule has 0 aliphatic heterocycles. The van der Waals surface area contributed by atoms with E-state index in [9.17, 15) is 10.1 Å². The highest BCUT2D eigenvalue weighted by Gasteiger charge is 2.03. The maximum absolute atomic E-state index is 10.3. The first-order valence-electron chi connectivity index (χ1n) is 3.72. The largest absolute Gasteiger partial charge is 0.385 e. The van der Waals surface area contributed by atoms with E-state index in [1.807, 2.05) is 6.92 Å². The van der Waals surface area contributed by atoms with E-state index in [4.69, 9.17) is 0 Å². The van der Waals surface area contributed by atoms with Crippen LogP contribution in [0, 0.1) is 10.1 Å². The van der Waals surface area contributed by atoms with Gasteiger partial charge in [0.1, 0.15) is 0 Å². The molecule has 1 aromatic carbocycles. The Morgan fingerprint density at radius 2 is 2.33 bits per heavy atom. The summed E-state index contributed by atoms with van der Waals surface area (Å²) >= 11 is 0. The molecule has 12 heavy (non-hydrogen) atoms. The molecule has 0 aliphatic rings. The van der Waals surface area contributed by atoms with Crippen molar-refractivity contribution in [2.24, 2.45) is 0 Å². The number of nitro groups is 1. The normalized spacial score (nSPS) is 9.42. The monoisotopic (exact) mass is 166 g/mol. The minimum Gasteiger partial charge on any atom is -0.385 e. The number of benzene rings is 1. The van der Waals surface area contributed by atoms with Crippen LogP contribution in [0.5, 0.6) is 0 Å². The third-order valence-electron chi connectivity index (χ3n) is 1.44. The molecule has 4 heteroatoms. The van der Waals surface area contributed by atoms with Crippen LogP contribution in [0.3, 0.4) is 0 Å². The molecule has 4 nitrogen and oxygen atoms in total. The van der Waals surface area contributed by atoms with Crippen molar-refractivity contribution in [3.8, 4) is 0 Å². The van der Waals surface area contributed by atoms with Gasteiger partial charge in [-0.05, 0) is 13.0 Å². The summed E-state index contributed by atoms with van der Waals surface area (Å²) in [5.41, 5.74) is 0.903. The van der Waals surface area contributed by atoms with E-state index in [0.717, 1.165) is 12.2 Å². The van der Waals surface area contributed by atoms with E-state index in [-0.39, 0.29) is 5.69 Å². The second-order valence-electron chi connectivity index (χ2n) is 2.34. The third-order valence-corrected chi connectivity index (χ3v) is 1.44. The average molecular weight is 166 g/mol. The Morgan fingerprint density at radius 1 is 1.58 bits per heavy atom. The van der Waals surface area contributed by atoms with Gasteiger partial charge in [0.15, 0.2) is 0 Å². The standard InChI is InChI=1S/C8H10N2O2/c1-2-9-7-4-3-5-8(6-7)10(11)12/h3-6,9H,2H2,1H3. The lowest BCUT2D eigenvalue weighted by atomic mass is 10.3. The van der Waals surface area contributed by atoms with Gasteiger partial charge in [-0.1, -0.05) is 6.07 Å². The molecule has 0 amide bonds. The molecular weight excluding hydrogens is 156 g/mol. The summed E-state index contributed by atoms with van der Waals surface area (Å²) in [5, 5.41) is 13.3. The fourth-order valence-corrected chi connectivity index (χ4v) is 0.934. The number of hydrogen-bond acceptors (Lipinski definition) is 3. The number of rotatable bonds is 3. The van der Waals surface area contributed by atoms with Crippen LogP contribution in [0.15, 0.2) is 24.3 Å². The Morgan fingerprint density at radius 3 is 2.92 bits per heavy atom. The molecular formula is C8H10N2O2. The number of nitrogens with one attached hydrogen (secondary N) is 1. The van der Waals surface area contributed by atoms with E-state index in [1.165, 1.54) is 12.1 Å². The molecule has 0 atom stereocenters. The first kappa shape index (κ1) is 8.52. The fraction of sp³-hybridized carbons (Fsp3) is 0.250. The zero-order valence-electron chi connectivity index (χ0n) is 6.78. The molecule has 0 saturated heterocycles. The quantitative estimate of drug-likeness (QED) is 0.552. The number of hydrogen-bond donors (Lipinski definition) is 1. The SMILES string of the molecule is CCNc1cccc([N+](=O)[O-])c1. The second-order valence-corrected chi connectivity index (χ2v) is 2.34. The van der Waals surface area contributed by atoms with E-state index in [2.05, 4.69) is 5.32 Å². The van der Waals surface area contributed by atoms with Crippen LogP contribution in [-0.2, 0) is 0 Å². The minimum atomic E-state index is -0.402. The number of non-ortho nitro benzene ring substituents is 1. The second kappa shape index (κ2) is 3.71. The van der Waals surface area contributed by atoms with Gasteiger partial charge in [0.2, 0.25) is 0 Å². The highest BCUT2D eigenvalue weighted by Crippen LogP contribution is 2.16. The van der Waals surface area contributed by atoms with Gasteiger partial charge in [-0.2, -0.15) is 0 Å². The Kier molecular flexibility index (Phi) is 2.63. The van der Waals surface area contributed by atoms with Crippen molar-refractivity contribution in [1.29, 1.82) is 0 Å². The molecule has 0 aliphatic carbocycles. The van der Waals surface area contributed by atoms with Crippen LogP contribution in [0.25, 0.3) is 0 Å². The Balaban J connectivity index is 2.88. The van der Waals surface area contributed by atoms with Gasteiger partial charge in [-0.25, -0.2) is 0 Å². The molecule has 0 fully saturated rings. The molecule has 1 N–H and O–H groups in total. The number of nitro benzene ring substituents is 1. The first-order valence-corrected chi connectivity index (χ1v) is 3.72. The topological polar surface area (TPSA) is 55.2 Å². The predicted octanol–water partition coefficient (Wildman–Crippen LogP) is 2.03. The Hall–Kier alpha value is -1.58. The average Bonchev–Trinajstić information content (AvgIpc) is 2.05. The lowest BCUT2D eigenvalue weighted by Crippen LogP contribution is -1.96. The number of anilines is 1. The van der Waals surface area contributed by atoms with Crippen LogP contribution in [0.2, 0.25) is 0 Å². The zero-order valence-corrected chi connectivity index (χ0v) is 6.78. The van der Waals surface area contributed by atoms with E-state index >= 15 is 0 Å². The summed E-state index contributed by atoms with van der Waals surface area (Å²) in [6.07, 6.45) is 0. The summed E-state index contributed by atoms with van der Waals surface area (Å²) in [4.78, 5) is 9.93. The van der Waals surface area contributed by atoms with Gasteiger partial charge in [0.25, 0.3) is 5.69 Å². The van der Waals surface area contributed by atoms with E-state index < -0.39 is 4.92 Å². The van der Waals surface area contributed by atoms with Gasteiger partial charge < -0.3 is 5.32 Å². The van der Waals surface area contributed by atoms with E-state index in [1.54, 1.807) is 12.1 Å². The molecule has 0 spiro atoms. The molecule has 0 aromatic heterocycles. The Labute approximate surface area is 70.4 Å². The smallest absolute Gasteiger partial charge is 0.271 e. The van der Waals surface area contributed by atoms with Crippen LogP contribution in [0.1, 0.15) is 6.92 Å². The first-order chi connectivity index (χ1) is 5.74. The summed E-state index contributed by atoms with van der Waals surface area (Å²) in [7, 11) is 0. The van der Waals surface area contributed by atoms with Crippen LogP contribution < -0.4 is 5.32 Å². The van der Waals surface area contributed by atoms with Crippen molar-refractivity contribution in [2.45, 2.75) is 6.92 Å². The summed E-state index contributed by atoms with van der Waals surface area (Å²) in [6, 6.07) is 6.46. The van der Waals surface area contributed by atoms with Gasteiger partial charge in [-0.3, -0.25) is 10.1 Å². The number of nitrogens with zero attached hydrogens (tertiary/aromatic N) is 1. The van der Waals surface area contributed by atoms with E-state index in [0.29, 0.717) is 0 Å². The van der Waals surface area contributed by atoms with Gasteiger partial charge in [0, 0.05) is 24.4 Å². The molecule has 1 rings (SSSR count). The van der Waals surface area contributed by atoms with Crippen LogP contribution in [-0.4, -0.2) is 11.5 Å². The van der Waals surface area contributed by atoms with Crippen molar-refractivity contribution in [3.63, 3.8) is 0 Å². The zero-order chi connectivity index (χ0) is 8.97. The molecule has 0 saturated carbocycles. The summed E-state index contributed by atoms with van der Waals surface area (Å²) in [6.45, 7) is 2.71. The molecule has 0 heterocycles. The lowest BCUT2D eigenvalue weighted by molar-refractivity contribution is -0.384.